The van der Waals surface area contributed by atoms with Gasteiger partial charge < -0.3 is 5.11 Å². The third-order valence-electron chi connectivity index (χ3n) is 3.36. The van der Waals surface area contributed by atoms with Gasteiger partial charge in [-0.3, -0.25) is 4.99 Å². The van der Waals surface area contributed by atoms with Crippen LogP contribution in [0, 0.1) is 23.2 Å². The number of benzene rings is 1. The van der Waals surface area contributed by atoms with Crippen molar-refractivity contribution in [2.24, 2.45) is 16.8 Å². The minimum atomic E-state index is -0.158. The Balaban J connectivity index is 2.43. The van der Waals surface area contributed by atoms with Gasteiger partial charge in [-0.05, 0) is 29.5 Å². The minimum Gasteiger partial charge on any atom is -0.392 e. The summed E-state index contributed by atoms with van der Waals surface area (Å²) in [4.78, 5) is 4.35. The molecule has 1 heterocycles. The van der Waals surface area contributed by atoms with E-state index in [2.05, 4.69) is 24.9 Å². The molecule has 1 aliphatic heterocycles. The van der Waals surface area contributed by atoms with Crippen molar-refractivity contribution in [3.8, 4) is 6.07 Å². The van der Waals surface area contributed by atoms with Crippen LogP contribution < -0.4 is 0 Å². The second kappa shape index (κ2) is 5.32. The maximum absolute atomic E-state index is 9.24. The number of rotatable bonds is 3. The van der Waals surface area contributed by atoms with E-state index in [0.29, 0.717) is 5.92 Å². The van der Waals surface area contributed by atoms with Crippen molar-refractivity contribution in [2.75, 3.05) is 0 Å². The van der Waals surface area contributed by atoms with E-state index < -0.39 is 0 Å². The van der Waals surface area contributed by atoms with Crippen molar-refractivity contribution in [2.45, 2.75) is 32.8 Å². The molecule has 3 nitrogen and oxygen atoms in total. The molecule has 3 heteroatoms. The number of nitriles is 1. The topological polar surface area (TPSA) is 56.4 Å². The first-order chi connectivity index (χ1) is 8.65. The average Bonchev–Trinajstić information content (AvgIpc) is 2.38. The van der Waals surface area contributed by atoms with E-state index in [9.17, 15) is 10.4 Å². The predicted octanol–water partition coefficient (Wildman–Crippen LogP) is 3.16. The van der Waals surface area contributed by atoms with Crippen LogP contribution in [0.5, 0.6) is 0 Å². The lowest BCUT2D eigenvalue weighted by atomic mass is 9.79. The number of hydrogen-bond donors (Lipinski definition) is 1. The van der Waals surface area contributed by atoms with Gasteiger partial charge in [-0.25, -0.2) is 0 Å². The molecule has 2 rings (SSSR count). The van der Waals surface area contributed by atoms with E-state index in [4.69, 9.17) is 0 Å². The quantitative estimate of drug-likeness (QED) is 0.885. The highest BCUT2D eigenvalue weighted by Gasteiger charge is 2.28. The van der Waals surface area contributed by atoms with E-state index >= 15 is 0 Å². The van der Waals surface area contributed by atoms with Crippen LogP contribution >= 0.6 is 0 Å². The summed E-state index contributed by atoms with van der Waals surface area (Å²) in [6.45, 7) is 4.36. The molecule has 1 aromatic rings. The highest BCUT2D eigenvalue weighted by Crippen LogP contribution is 2.39. The molecule has 0 aliphatic carbocycles. The SMILES string of the molecule is CC(C)CC1c2cc(CO)ccc2N=CC1C#N. The molecule has 2 atom stereocenters. The molecule has 0 fully saturated rings. The third-order valence-corrected chi connectivity index (χ3v) is 3.36. The van der Waals surface area contributed by atoms with Crippen LogP contribution in [0.4, 0.5) is 5.69 Å². The van der Waals surface area contributed by atoms with Crippen molar-refractivity contribution in [1.82, 2.24) is 0 Å². The number of hydrogen-bond acceptors (Lipinski definition) is 3. The molecule has 0 amide bonds. The minimum absolute atomic E-state index is 0.0304. The predicted molar refractivity (Wildman–Crippen MR) is 71.8 cm³/mol. The number of aliphatic hydroxyl groups is 1. The zero-order chi connectivity index (χ0) is 13.1. The van der Waals surface area contributed by atoms with E-state index in [1.165, 1.54) is 0 Å². The van der Waals surface area contributed by atoms with Gasteiger partial charge in [0.05, 0.1) is 24.3 Å². The van der Waals surface area contributed by atoms with Crippen LogP contribution in [0.25, 0.3) is 0 Å². The van der Waals surface area contributed by atoms with Crippen LogP contribution in [0.1, 0.15) is 37.3 Å². The fourth-order valence-electron chi connectivity index (χ4n) is 2.48. The normalized spacial score (nSPS) is 21.7. The summed E-state index contributed by atoms with van der Waals surface area (Å²) < 4.78 is 0. The Labute approximate surface area is 108 Å². The van der Waals surface area contributed by atoms with Crippen LogP contribution in [0.2, 0.25) is 0 Å². The van der Waals surface area contributed by atoms with Crippen LogP contribution in [-0.4, -0.2) is 11.3 Å². The van der Waals surface area contributed by atoms with Crippen molar-refractivity contribution < 1.29 is 5.11 Å². The van der Waals surface area contributed by atoms with Gasteiger partial charge in [0.25, 0.3) is 0 Å². The number of aliphatic hydroxyl groups excluding tert-OH is 1. The Bertz CT molecular complexity index is 500. The molecule has 1 aromatic carbocycles. The number of nitrogens with zero attached hydrogens (tertiary/aromatic N) is 2. The van der Waals surface area contributed by atoms with Gasteiger partial charge in [-0.2, -0.15) is 5.26 Å². The molecule has 94 valence electrons. The zero-order valence-electron chi connectivity index (χ0n) is 10.8. The van der Waals surface area contributed by atoms with Gasteiger partial charge in [-0.15, -0.1) is 0 Å². The van der Waals surface area contributed by atoms with Crippen molar-refractivity contribution >= 4 is 11.9 Å². The second-order valence-electron chi connectivity index (χ2n) is 5.22. The van der Waals surface area contributed by atoms with Gasteiger partial charge >= 0.3 is 0 Å². The first-order valence-electron chi connectivity index (χ1n) is 6.33. The van der Waals surface area contributed by atoms with Gasteiger partial charge in [-0.1, -0.05) is 26.0 Å². The van der Waals surface area contributed by atoms with Crippen molar-refractivity contribution in [3.63, 3.8) is 0 Å². The Hall–Kier alpha value is -1.66. The standard InChI is InChI=1S/C15H18N2O/c1-10(2)5-13-12(7-16)8-17-15-4-3-11(9-18)6-14(13)15/h3-4,6,8,10,12-13,18H,5,9H2,1-2H3. The molecule has 1 N–H and O–H groups in total. The summed E-state index contributed by atoms with van der Waals surface area (Å²) in [5.74, 6) is 0.561. The van der Waals surface area contributed by atoms with E-state index in [1.807, 2.05) is 18.2 Å². The summed E-state index contributed by atoms with van der Waals surface area (Å²) in [6.07, 6.45) is 2.72. The Morgan fingerprint density at radius 3 is 2.83 bits per heavy atom. The maximum Gasteiger partial charge on any atom is 0.0884 e. The van der Waals surface area contributed by atoms with Crippen LogP contribution in [-0.2, 0) is 6.61 Å². The molecule has 0 saturated carbocycles. The van der Waals surface area contributed by atoms with E-state index in [1.54, 1.807) is 6.21 Å². The first-order valence-corrected chi connectivity index (χ1v) is 6.33. The Morgan fingerprint density at radius 1 is 1.44 bits per heavy atom. The molecule has 18 heavy (non-hydrogen) atoms. The first kappa shape index (κ1) is 12.8. The molecule has 0 spiro atoms. The fraction of sp³-hybridized carbons (Fsp3) is 0.467. The summed E-state index contributed by atoms with van der Waals surface area (Å²) in [5.41, 5.74) is 2.92. The summed E-state index contributed by atoms with van der Waals surface area (Å²) >= 11 is 0. The van der Waals surface area contributed by atoms with Crippen LogP contribution in [0.3, 0.4) is 0 Å². The molecule has 0 saturated heterocycles. The maximum atomic E-state index is 9.24. The zero-order valence-corrected chi connectivity index (χ0v) is 10.8. The Morgan fingerprint density at radius 2 is 2.22 bits per heavy atom. The smallest absolute Gasteiger partial charge is 0.0884 e. The highest BCUT2D eigenvalue weighted by molar-refractivity contribution is 5.75. The number of fused-ring (bicyclic) bond motifs is 1. The molecule has 0 bridgehead atoms. The van der Waals surface area contributed by atoms with Gasteiger partial charge in [0, 0.05) is 12.1 Å². The summed E-state index contributed by atoms with van der Waals surface area (Å²) in [6, 6.07) is 8.13. The molecular formula is C15H18N2O. The molecule has 1 aliphatic rings. The molecular weight excluding hydrogens is 224 g/mol. The largest absolute Gasteiger partial charge is 0.392 e. The van der Waals surface area contributed by atoms with Gasteiger partial charge in [0.15, 0.2) is 0 Å². The molecule has 2 unspecified atom stereocenters. The van der Waals surface area contributed by atoms with Gasteiger partial charge in [0.1, 0.15) is 0 Å². The number of aliphatic imine (C=N–C) groups is 1. The molecule has 0 aromatic heterocycles. The van der Waals surface area contributed by atoms with Crippen molar-refractivity contribution in [1.29, 1.82) is 5.26 Å². The van der Waals surface area contributed by atoms with E-state index in [0.717, 1.165) is 23.2 Å². The van der Waals surface area contributed by atoms with Gasteiger partial charge in [0.2, 0.25) is 0 Å². The Kier molecular flexibility index (Phi) is 3.78. The highest BCUT2D eigenvalue weighted by atomic mass is 16.3. The van der Waals surface area contributed by atoms with Crippen LogP contribution in [0.15, 0.2) is 23.2 Å². The molecule has 0 radical (unpaired) electrons. The average molecular weight is 242 g/mol. The summed E-state index contributed by atoms with van der Waals surface area (Å²) in [5, 5.41) is 18.5. The lowest BCUT2D eigenvalue weighted by Crippen LogP contribution is -2.18. The van der Waals surface area contributed by atoms with Crippen molar-refractivity contribution in [3.05, 3.63) is 29.3 Å². The third kappa shape index (κ3) is 2.44. The lowest BCUT2D eigenvalue weighted by Gasteiger charge is -2.26. The monoisotopic (exact) mass is 242 g/mol. The summed E-state index contributed by atoms with van der Waals surface area (Å²) in [7, 11) is 0. The van der Waals surface area contributed by atoms with E-state index in [-0.39, 0.29) is 18.4 Å². The second-order valence-corrected chi connectivity index (χ2v) is 5.22. The lowest BCUT2D eigenvalue weighted by molar-refractivity contribution is 0.281. The fourth-order valence-corrected chi connectivity index (χ4v) is 2.48.